The number of halogens is 5. The Hall–Kier alpha value is -1.94. The standard InChI is InChI=1S/C29H30BrCl3FN5O.H2/c30-22-3-1-20(27(34)14-22)18-37-7-5-24(6-8-37)38-9-11-39(12-10-38)28-26(33)13-21(17-35-28)29(40)36-16-19-2-4-23(31)15-25(19)32;/h1-4,13-15,17,24H,5-12,16,18H2,(H,36,40);1H. The molecule has 1 N–H and O–H groups in total. The molecule has 0 unspecified atom stereocenters. The Balaban J connectivity index is 0.00000387. The Morgan fingerprint density at radius 3 is 2.38 bits per heavy atom. The molecule has 0 spiro atoms. The van der Waals surface area contributed by atoms with Crippen molar-refractivity contribution in [3.05, 3.63) is 90.7 Å². The summed E-state index contributed by atoms with van der Waals surface area (Å²) in [4.78, 5) is 24.3. The highest BCUT2D eigenvalue weighted by Gasteiger charge is 2.29. The van der Waals surface area contributed by atoms with E-state index in [0.717, 1.165) is 67.7 Å². The van der Waals surface area contributed by atoms with E-state index in [9.17, 15) is 9.18 Å². The van der Waals surface area contributed by atoms with Gasteiger partial charge < -0.3 is 10.2 Å². The minimum Gasteiger partial charge on any atom is -0.353 e. The van der Waals surface area contributed by atoms with Gasteiger partial charge in [0.25, 0.3) is 5.91 Å². The molecule has 2 aromatic carbocycles. The molecule has 3 heterocycles. The predicted octanol–water partition coefficient (Wildman–Crippen LogP) is 6.91. The second-order valence-electron chi connectivity index (χ2n) is 10.2. The monoisotopic (exact) mass is 669 g/mol. The van der Waals surface area contributed by atoms with Gasteiger partial charge in [0.1, 0.15) is 11.6 Å². The lowest BCUT2D eigenvalue weighted by atomic mass is 10.0. The van der Waals surface area contributed by atoms with E-state index < -0.39 is 0 Å². The van der Waals surface area contributed by atoms with Gasteiger partial charge in [-0.15, -0.1) is 0 Å². The molecule has 5 rings (SSSR count). The van der Waals surface area contributed by atoms with Crippen LogP contribution < -0.4 is 10.2 Å². The average Bonchev–Trinajstić information content (AvgIpc) is 2.94. The van der Waals surface area contributed by atoms with E-state index in [1.54, 1.807) is 30.5 Å². The molecule has 6 nitrogen and oxygen atoms in total. The smallest absolute Gasteiger partial charge is 0.253 e. The summed E-state index contributed by atoms with van der Waals surface area (Å²) in [5.74, 6) is 0.271. The van der Waals surface area contributed by atoms with Gasteiger partial charge in [0, 0.05) is 73.0 Å². The van der Waals surface area contributed by atoms with Crippen molar-refractivity contribution in [3.8, 4) is 0 Å². The third-order valence-electron chi connectivity index (χ3n) is 7.63. The number of aromatic nitrogens is 1. The fourth-order valence-electron chi connectivity index (χ4n) is 5.36. The number of anilines is 1. The first kappa shape index (κ1) is 29.5. The molecule has 0 atom stereocenters. The normalized spacial score (nSPS) is 17.3. The number of hydrogen-bond acceptors (Lipinski definition) is 5. The Morgan fingerprint density at radius 1 is 0.975 bits per heavy atom. The summed E-state index contributed by atoms with van der Waals surface area (Å²) < 4.78 is 15.0. The fourth-order valence-corrected chi connectivity index (χ4v) is 6.46. The molecule has 2 aliphatic rings. The average molecular weight is 672 g/mol. The summed E-state index contributed by atoms with van der Waals surface area (Å²) in [6.45, 7) is 6.32. The number of piperazine rings is 1. The van der Waals surface area contributed by atoms with Gasteiger partial charge in [0.15, 0.2) is 0 Å². The Kier molecular flexibility index (Phi) is 9.87. The van der Waals surface area contributed by atoms with Gasteiger partial charge >= 0.3 is 0 Å². The molecule has 0 bridgehead atoms. The summed E-state index contributed by atoms with van der Waals surface area (Å²) in [5, 5.41) is 4.36. The number of nitrogens with zero attached hydrogens (tertiary/aromatic N) is 4. The predicted molar refractivity (Wildman–Crippen MR) is 165 cm³/mol. The van der Waals surface area contributed by atoms with Gasteiger partial charge in [-0.3, -0.25) is 14.6 Å². The first-order chi connectivity index (χ1) is 19.3. The SMILES string of the molecule is O=C(NCc1ccc(Cl)cc1Cl)c1cnc(N2CCN(C3CCN(Cc4ccc(Br)cc4F)CC3)CC2)c(Cl)c1.[HH]. The van der Waals surface area contributed by atoms with Gasteiger partial charge in [-0.1, -0.05) is 62.9 Å². The quantitative estimate of drug-likeness (QED) is 0.296. The van der Waals surface area contributed by atoms with E-state index in [2.05, 4.69) is 40.9 Å². The van der Waals surface area contributed by atoms with Crippen LogP contribution in [0.15, 0.2) is 53.1 Å². The highest BCUT2D eigenvalue weighted by atomic mass is 79.9. The molecule has 2 saturated heterocycles. The summed E-state index contributed by atoms with van der Waals surface area (Å²) in [5.41, 5.74) is 1.92. The van der Waals surface area contributed by atoms with Crippen molar-refractivity contribution in [2.24, 2.45) is 0 Å². The number of nitrogens with one attached hydrogen (secondary N) is 1. The number of pyridine rings is 1. The van der Waals surface area contributed by atoms with Crippen molar-refractivity contribution in [2.45, 2.75) is 32.0 Å². The van der Waals surface area contributed by atoms with Crippen LogP contribution in [0.25, 0.3) is 0 Å². The maximum atomic E-state index is 14.3. The first-order valence-electron chi connectivity index (χ1n) is 13.3. The van der Waals surface area contributed by atoms with Crippen LogP contribution in [0.1, 0.15) is 35.8 Å². The van der Waals surface area contributed by atoms with Gasteiger partial charge in [0.2, 0.25) is 0 Å². The molecule has 1 amide bonds. The number of carbonyl (C=O) groups excluding carboxylic acids is 1. The fraction of sp³-hybridized carbons (Fsp3) is 0.379. The molecule has 2 fully saturated rings. The van der Waals surface area contributed by atoms with Crippen molar-refractivity contribution in [3.63, 3.8) is 0 Å². The van der Waals surface area contributed by atoms with Crippen LogP contribution >= 0.6 is 50.7 Å². The first-order valence-corrected chi connectivity index (χ1v) is 15.2. The zero-order chi connectivity index (χ0) is 28.2. The molecule has 1 aromatic heterocycles. The van der Waals surface area contributed by atoms with Crippen molar-refractivity contribution < 1.29 is 10.6 Å². The van der Waals surface area contributed by atoms with Crippen LogP contribution in [0.3, 0.4) is 0 Å². The van der Waals surface area contributed by atoms with Crippen LogP contribution in [0.5, 0.6) is 0 Å². The largest absolute Gasteiger partial charge is 0.353 e. The number of hydrogen-bond donors (Lipinski definition) is 1. The van der Waals surface area contributed by atoms with Crippen LogP contribution in [-0.2, 0) is 13.1 Å². The maximum absolute atomic E-state index is 14.3. The van der Waals surface area contributed by atoms with Crippen LogP contribution in [0.2, 0.25) is 15.1 Å². The third kappa shape index (κ3) is 7.27. The highest BCUT2D eigenvalue weighted by Crippen LogP contribution is 2.28. The highest BCUT2D eigenvalue weighted by molar-refractivity contribution is 9.10. The minimum atomic E-state index is -0.272. The van der Waals surface area contributed by atoms with Crippen molar-refractivity contribution >= 4 is 62.5 Å². The third-order valence-corrected chi connectivity index (χ3v) is 8.99. The van der Waals surface area contributed by atoms with E-state index in [0.29, 0.717) is 39.0 Å². The van der Waals surface area contributed by atoms with E-state index in [4.69, 9.17) is 34.8 Å². The van der Waals surface area contributed by atoms with Crippen LogP contribution in [0, 0.1) is 5.82 Å². The molecule has 40 heavy (non-hydrogen) atoms. The van der Waals surface area contributed by atoms with E-state index in [1.165, 1.54) is 6.07 Å². The lowest BCUT2D eigenvalue weighted by molar-refractivity contribution is 0.0950. The van der Waals surface area contributed by atoms with Gasteiger partial charge in [0.05, 0.1) is 10.6 Å². The number of benzene rings is 2. The van der Waals surface area contributed by atoms with E-state index in [-0.39, 0.29) is 19.7 Å². The maximum Gasteiger partial charge on any atom is 0.253 e. The van der Waals surface area contributed by atoms with Crippen molar-refractivity contribution in [1.29, 1.82) is 0 Å². The summed E-state index contributed by atoms with van der Waals surface area (Å²) >= 11 is 22.1. The Labute approximate surface area is 259 Å². The van der Waals surface area contributed by atoms with Gasteiger partial charge in [-0.05, 0) is 61.8 Å². The van der Waals surface area contributed by atoms with Crippen LogP contribution in [-0.4, -0.2) is 66.0 Å². The van der Waals surface area contributed by atoms with Gasteiger partial charge in [-0.25, -0.2) is 9.37 Å². The number of piperidine rings is 1. The number of rotatable bonds is 7. The topological polar surface area (TPSA) is 51.7 Å². The lowest BCUT2D eigenvalue weighted by Crippen LogP contribution is -2.53. The number of carbonyl (C=O) groups is 1. The molecule has 2 aliphatic heterocycles. The molecule has 0 aliphatic carbocycles. The Bertz CT molecular complexity index is 1370. The van der Waals surface area contributed by atoms with Gasteiger partial charge in [-0.2, -0.15) is 0 Å². The number of amides is 1. The molecule has 11 heteroatoms. The molecular formula is C29H32BrCl3FN5O. The summed E-state index contributed by atoms with van der Waals surface area (Å²) in [6, 6.07) is 12.6. The van der Waals surface area contributed by atoms with E-state index >= 15 is 0 Å². The van der Waals surface area contributed by atoms with Crippen molar-refractivity contribution in [2.75, 3.05) is 44.2 Å². The molecule has 3 aromatic rings. The molecule has 0 saturated carbocycles. The zero-order valence-electron chi connectivity index (χ0n) is 21.9. The molecular weight excluding hydrogens is 640 g/mol. The van der Waals surface area contributed by atoms with E-state index in [1.807, 2.05) is 12.1 Å². The number of likely N-dealkylation sites (tertiary alicyclic amines) is 1. The Morgan fingerprint density at radius 2 is 1.70 bits per heavy atom. The molecule has 214 valence electrons. The second-order valence-corrected chi connectivity index (χ2v) is 12.4. The lowest BCUT2D eigenvalue weighted by Gasteiger charge is -2.43. The van der Waals surface area contributed by atoms with Crippen molar-refractivity contribution in [1.82, 2.24) is 20.1 Å². The van der Waals surface area contributed by atoms with Crippen LogP contribution in [0.4, 0.5) is 10.2 Å². The summed E-state index contributed by atoms with van der Waals surface area (Å²) in [6.07, 6.45) is 3.71. The zero-order valence-corrected chi connectivity index (χ0v) is 25.7. The summed E-state index contributed by atoms with van der Waals surface area (Å²) in [7, 11) is 0. The second kappa shape index (κ2) is 13.4. The minimum absolute atomic E-state index is 0. The molecule has 0 radical (unpaired) electrons.